The lowest BCUT2D eigenvalue weighted by atomic mass is 10.1. The maximum Gasteiger partial charge on any atom is 0.220 e. The Bertz CT molecular complexity index is 903. The van der Waals surface area contributed by atoms with Crippen LogP contribution < -0.4 is 5.32 Å². The Morgan fingerprint density at radius 2 is 1.92 bits per heavy atom. The Kier molecular flexibility index (Phi) is 5.92. The van der Waals surface area contributed by atoms with E-state index in [9.17, 15) is 9.18 Å². The molecule has 0 fully saturated rings. The van der Waals surface area contributed by atoms with Gasteiger partial charge in [0.25, 0.3) is 0 Å². The van der Waals surface area contributed by atoms with Crippen molar-refractivity contribution < 1.29 is 9.18 Å². The van der Waals surface area contributed by atoms with Crippen molar-refractivity contribution in [1.29, 1.82) is 0 Å². The molecule has 1 amide bonds. The molecule has 0 saturated heterocycles. The number of nitrogens with one attached hydrogen (secondary N) is 1. The molecule has 6 heteroatoms. The average Bonchev–Trinajstić information content (AvgIpc) is 2.68. The van der Waals surface area contributed by atoms with Crippen molar-refractivity contribution in [3.63, 3.8) is 0 Å². The summed E-state index contributed by atoms with van der Waals surface area (Å²) in [7, 11) is 0. The molecule has 0 spiro atoms. The number of carbonyl (C=O) groups is 1. The van der Waals surface area contributed by atoms with Crippen LogP contribution in [0.4, 0.5) is 4.39 Å². The van der Waals surface area contributed by atoms with E-state index in [-0.39, 0.29) is 10.9 Å². The average molecular weight is 370 g/mol. The van der Waals surface area contributed by atoms with Gasteiger partial charge in [-0.3, -0.25) is 14.8 Å². The predicted molar refractivity (Wildman–Crippen MR) is 99.0 cm³/mol. The second-order valence-corrected chi connectivity index (χ2v) is 6.18. The van der Waals surface area contributed by atoms with Gasteiger partial charge in [0.05, 0.1) is 10.7 Å². The van der Waals surface area contributed by atoms with Crippen molar-refractivity contribution in [1.82, 2.24) is 15.3 Å². The van der Waals surface area contributed by atoms with Crippen molar-refractivity contribution >= 4 is 17.5 Å². The normalized spacial score (nSPS) is 10.5. The molecule has 0 aliphatic heterocycles. The Hall–Kier alpha value is -2.79. The van der Waals surface area contributed by atoms with E-state index in [1.807, 2.05) is 24.3 Å². The number of carbonyl (C=O) groups excluding carboxylic acids is 1. The van der Waals surface area contributed by atoms with Gasteiger partial charge < -0.3 is 5.32 Å². The molecule has 2 heterocycles. The molecule has 0 unspecified atom stereocenters. The number of halogens is 2. The van der Waals surface area contributed by atoms with Crippen molar-refractivity contribution in [2.75, 3.05) is 0 Å². The van der Waals surface area contributed by atoms with E-state index in [4.69, 9.17) is 11.6 Å². The monoisotopic (exact) mass is 369 g/mol. The molecule has 132 valence electrons. The van der Waals surface area contributed by atoms with E-state index in [0.717, 1.165) is 22.4 Å². The summed E-state index contributed by atoms with van der Waals surface area (Å²) >= 11 is 5.76. The number of nitrogens with zero attached hydrogens (tertiary/aromatic N) is 2. The second-order valence-electron chi connectivity index (χ2n) is 5.77. The maximum atomic E-state index is 13.2. The van der Waals surface area contributed by atoms with Crippen LogP contribution in [-0.4, -0.2) is 15.9 Å². The van der Waals surface area contributed by atoms with Crippen molar-refractivity contribution in [3.8, 4) is 11.3 Å². The lowest BCUT2D eigenvalue weighted by Gasteiger charge is -2.10. The van der Waals surface area contributed by atoms with Gasteiger partial charge in [0.15, 0.2) is 0 Å². The molecular formula is C20H17ClFN3O. The van der Waals surface area contributed by atoms with Gasteiger partial charge in [-0.15, -0.1) is 0 Å². The van der Waals surface area contributed by atoms with Gasteiger partial charge in [0.1, 0.15) is 5.82 Å². The number of hydrogen-bond acceptors (Lipinski definition) is 3. The molecule has 0 atom stereocenters. The van der Waals surface area contributed by atoms with Gasteiger partial charge in [0, 0.05) is 37.1 Å². The third-order valence-electron chi connectivity index (χ3n) is 3.95. The van der Waals surface area contributed by atoms with E-state index < -0.39 is 5.82 Å². The first-order chi connectivity index (χ1) is 12.6. The number of benzene rings is 1. The molecule has 3 rings (SSSR count). The topological polar surface area (TPSA) is 54.9 Å². The molecule has 0 saturated carbocycles. The standard InChI is InChI=1S/C20H17ClFN3O/c21-17-12-14(3-5-18(17)22)4-6-19(26)25-13-16-2-1-9-24-20(16)15-7-10-23-11-8-15/h1-3,5,7-12H,4,6,13H2,(H,25,26). The minimum absolute atomic E-state index is 0.0697. The van der Waals surface area contributed by atoms with E-state index in [1.165, 1.54) is 6.07 Å². The Balaban J connectivity index is 1.59. The molecule has 26 heavy (non-hydrogen) atoms. The number of aryl methyl sites for hydroxylation is 1. The second kappa shape index (κ2) is 8.54. The molecule has 2 aromatic heterocycles. The summed E-state index contributed by atoms with van der Waals surface area (Å²) in [6.45, 7) is 0.383. The smallest absolute Gasteiger partial charge is 0.220 e. The van der Waals surface area contributed by atoms with E-state index >= 15 is 0 Å². The van der Waals surface area contributed by atoms with Crippen LogP contribution in [0.1, 0.15) is 17.5 Å². The fourth-order valence-corrected chi connectivity index (χ4v) is 2.79. The summed E-state index contributed by atoms with van der Waals surface area (Å²) in [5.74, 6) is -0.546. The first-order valence-electron chi connectivity index (χ1n) is 8.18. The highest BCUT2D eigenvalue weighted by atomic mass is 35.5. The fourth-order valence-electron chi connectivity index (χ4n) is 2.59. The van der Waals surface area contributed by atoms with Crippen molar-refractivity contribution in [2.24, 2.45) is 0 Å². The lowest BCUT2D eigenvalue weighted by molar-refractivity contribution is -0.121. The number of pyridine rings is 2. The minimum Gasteiger partial charge on any atom is -0.352 e. The minimum atomic E-state index is -0.458. The zero-order valence-corrected chi connectivity index (χ0v) is 14.7. The lowest BCUT2D eigenvalue weighted by Crippen LogP contribution is -2.23. The Morgan fingerprint density at radius 1 is 1.12 bits per heavy atom. The molecule has 1 aromatic carbocycles. The third kappa shape index (κ3) is 4.64. The van der Waals surface area contributed by atoms with Crippen LogP contribution in [0, 0.1) is 5.82 Å². The van der Waals surface area contributed by atoms with Crippen molar-refractivity contribution in [2.45, 2.75) is 19.4 Å². The zero-order valence-electron chi connectivity index (χ0n) is 14.0. The molecule has 0 aliphatic rings. The van der Waals surface area contributed by atoms with Crippen LogP contribution in [0.3, 0.4) is 0 Å². The fraction of sp³-hybridized carbons (Fsp3) is 0.150. The summed E-state index contributed by atoms with van der Waals surface area (Å²) in [6, 6.07) is 12.0. The van der Waals surface area contributed by atoms with Gasteiger partial charge in [-0.2, -0.15) is 0 Å². The first kappa shape index (κ1) is 18.0. The summed E-state index contributed by atoms with van der Waals surface area (Å²) in [4.78, 5) is 20.6. The largest absolute Gasteiger partial charge is 0.352 e. The van der Waals surface area contributed by atoms with Crippen LogP contribution >= 0.6 is 11.6 Å². The van der Waals surface area contributed by atoms with Gasteiger partial charge in [-0.05, 0) is 47.9 Å². The highest BCUT2D eigenvalue weighted by molar-refractivity contribution is 6.30. The van der Waals surface area contributed by atoms with Crippen LogP contribution in [0.5, 0.6) is 0 Å². The van der Waals surface area contributed by atoms with E-state index in [2.05, 4.69) is 15.3 Å². The molecule has 0 radical (unpaired) electrons. The number of aromatic nitrogens is 2. The van der Waals surface area contributed by atoms with Crippen LogP contribution in [0.15, 0.2) is 61.1 Å². The van der Waals surface area contributed by atoms with Crippen molar-refractivity contribution in [3.05, 3.63) is 83.0 Å². The maximum absolute atomic E-state index is 13.2. The Morgan fingerprint density at radius 3 is 2.69 bits per heavy atom. The Labute approximate surface area is 156 Å². The van der Waals surface area contributed by atoms with Crippen LogP contribution in [0.25, 0.3) is 11.3 Å². The third-order valence-corrected chi connectivity index (χ3v) is 4.24. The van der Waals surface area contributed by atoms with Crippen LogP contribution in [-0.2, 0) is 17.8 Å². The molecule has 0 aliphatic carbocycles. The summed E-state index contributed by atoms with van der Waals surface area (Å²) in [6.07, 6.45) is 5.93. The first-order valence-corrected chi connectivity index (χ1v) is 8.56. The predicted octanol–water partition coefficient (Wildman–Crippen LogP) is 4.19. The highest BCUT2D eigenvalue weighted by Gasteiger charge is 2.09. The van der Waals surface area contributed by atoms with Gasteiger partial charge >= 0.3 is 0 Å². The zero-order chi connectivity index (χ0) is 18.4. The molecule has 3 aromatic rings. The molecular weight excluding hydrogens is 353 g/mol. The summed E-state index contributed by atoms with van der Waals surface area (Å²) < 4.78 is 13.2. The number of amides is 1. The molecule has 1 N–H and O–H groups in total. The van der Waals surface area contributed by atoms with E-state index in [0.29, 0.717) is 19.4 Å². The van der Waals surface area contributed by atoms with Gasteiger partial charge in [0.2, 0.25) is 5.91 Å². The van der Waals surface area contributed by atoms with E-state index in [1.54, 1.807) is 30.7 Å². The number of rotatable bonds is 6. The van der Waals surface area contributed by atoms with Gasteiger partial charge in [-0.1, -0.05) is 23.7 Å². The molecule has 0 bridgehead atoms. The van der Waals surface area contributed by atoms with Crippen LogP contribution in [0.2, 0.25) is 5.02 Å². The summed E-state index contributed by atoms with van der Waals surface area (Å²) in [5.41, 5.74) is 3.52. The number of hydrogen-bond donors (Lipinski definition) is 1. The highest BCUT2D eigenvalue weighted by Crippen LogP contribution is 2.20. The van der Waals surface area contributed by atoms with Gasteiger partial charge in [-0.25, -0.2) is 4.39 Å². The SMILES string of the molecule is O=C(CCc1ccc(F)c(Cl)c1)NCc1cccnc1-c1ccncc1. The summed E-state index contributed by atoms with van der Waals surface area (Å²) in [5, 5.41) is 2.97. The quantitative estimate of drug-likeness (QED) is 0.709. The molecule has 4 nitrogen and oxygen atoms in total.